The summed E-state index contributed by atoms with van der Waals surface area (Å²) in [5, 5.41) is 15.6. The highest BCUT2D eigenvalue weighted by Gasteiger charge is 2.32. The monoisotopic (exact) mass is 486 g/mol. The summed E-state index contributed by atoms with van der Waals surface area (Å²) in [4.78, 5) is 59.0. The van der Waals surface area contributed by atoms with Crippen molar-refractivity contribution in [2.24, 2.45) is 5.73 Å². The Labute approximate surface area is 200 Å². The number of nitrogens with two attached hydrogens (primary N) is 1. The molecular weight excluding hydrogens is 460 g/mol. The van der Waals surface area contributed by atoms with Crippen LogP contribution in [0.1, 0.15) is 30.4 Å². The van der Waals surface area contributed by atoms with Crippen LogP contribution in [0, 0.1) is 10.1 Å². The van der Waals surface area contributed by atoms with Crippen LogP contribution in [-0.2, 0) is 30.5 Å². The molecule has 3 amide bonds. The number of nitrogens with zero attached hydrogens (tertiary/aromatic N) is 1. The van der Waals surface area contributed by atoms with E-state index in [1.807, 2.05) is 6.07 Å². The van der Waals surface area contributed by atoms with Gasteiger partial charge in [-0.2, -0.15) is 0 Å². The van der Waals surface area contributed by atoms with Gasteiger partial charge in [0, 0.05) is 18.1 Å². The fourth-order valence-corrected chi connectivity index (χ4v) is 3.19. The van der Waals surface area contributed by atoms with E-state index in [4.69, 9.17) is 15.2 Å². The second kappa shape index (κ2) is 13.3. The van der Waals surface area contributed by atoms with Gasteiger partial charge in [0.05, 0.1) is 18.0 Å². The lowest BCUT2D eigenvalue weighted by Crippen LogP contribution is -2.51. The van der Waals surface area contributed by atoms with Crippen molar-refractivity contribution in [1.29, 1.82) is 0 Å². The number of ether oxygens (including phenoxy) is 2. The van der Waals surface area contributed by atoms with Gasteiger partial charge in [0.2, 0.25) is 11.8 Å². The minimum Gasteiger partial charge on any atom is -0.466 e. The Bertz CT molecular complexity index is 1040. The number of carbonyl (C=O) groups excluding carboxylic acids is 4. The second-order valence-corrected chi connectivity index (χ2v) is 7.33. The minimum atomic E-state index is -1.37. The van der Waals surface area contributed by atoms with Crippen molar-refractivity contribution in [3.8, 4) is 0 Å². The maximum Gasteiger partial charge on any atom is 0.407 e. The van der Waals surface area contributed by atoms with Crippen LogP contribution in [0.3, 0.4) is 0 Å². The third kappa shape index (κ3) is 8.76. The smallest absolute Gasteiger partial charge is 0.407 e. The normalized spacial score (nSPS) is 12.0. The van der Waals surface area contributed by atoms with E-state index in [-0.39, 0.29) is 25.3 Å². The first-order chi connectivity index (χ1) is 16.7. The van der Waals surface area contributed by atoms with Crippen LogP contribution in [0.4, 0.5) is 10.5 Å². The molecule has 0 heterocycles. The molecule has 0 radical (unpaired) electrons. The number of nitro groups is 1. The molecule has 0 bridgehead atoms. The Morgan fingerprint density at radius 2 is 1.69 bits per heavy atom. The summed E-state index contributed by atoms with van der Waals surface area (Å²) >= 11 is 0. The van der Waals surface area contributed by atoms with Gasteiger partial charge in [-0.25, -0.2) is 4.79 Å². The van der Waals surface area contributed by atoms with Gasteiger partial charge < -0.3 is 25.8 Å². The molecule has 2 aromatic rings. The Kier molecular flexibility index (Phi) is 10.2. The number of hydrogen-bond donors (Lipinski definition) is 3. The van der Waals surface area contributed by atoms with Crippen molar-refractivity contribution in [2.75, 3.05) is 13.2 Å². The molecule has 4 N–H and O–H groups in total. The van der Waals surface area contributed by atoms with E-state index in [1.165, 1.54) is 24.3 Å². The van der Waals surface area contributed by atoms with Gasteiger partial charge in [0.25, 0.3) is 5.69 Å². The maximum atomic E-state index is 12.4. The highest BCUT2D eigenvalue weighted by Crippen LogP contribution is 2.26. The Morgan fingerprint density at radius 1 is 1.03 bits per heavy atom. The van der Waals surface area contributed by atoms with Crippen molar-refractivity contribution in [1.82, 2.24) is 10.6 Å². The fraction of sp³-hybridized carbons (Fsp3) is 0.304. The largest absolute Gasteiger partial charge is 0.466 e. The number of esters is 1. The highest BCUT2D eigenvalue weighted by atomic mass is 16.6. The molecule has 2 rings (SSSR count). The molecule has 0 unspecified atom stereocenters. The number of primary amides is 1. The van der Waals surface area contributed by atoms with E-state index in [2.05, 4.69) is 10.6 Å². The molecule has 0 aliphatic rings. The molecule has 0 fully saturated rings. The lowest BCUT2D eigenvalue weighted by molar-refractivity contribution is -0.384. The van der Waals surface area contributed by atoms with Crippen LogP contribution < -0.4 is 16.4 Å². The quantitative estimate of drug-likeness (QED) is 0.229. The SMILES string of the molecule is CCOC(=O)C[C@@H](c1ccc([N+](=O)[O-])cc1)[C@@H](NC(=O)CNC(=O)OCc1ccccc1)C(N)=O. The average molecular weight is 486 g/mol. The maximum absolute atomic E-state index is 12.4. The Hall–Kier alpha value is -4.48. The van der Waals surface area contributed by atoms with Gasteiger partial charge in [-0.15, -0.1) is 0 Å². The summed E-state index contributed by atoms with van der Waals surface area (Å²) in [6.45, 7) is 1.17. The lowest BCUT2D eigenvalue weighted by Gasteiger charge is -2.25. The number of hydrogen-bond acceptors (Lipinski definition) is 8. The third-order valence-corrected chi connectivity index (χ3v) is 4.86. The van der Waals surface area contributed by atoms with Crippen LogP contribution in [0.15, 0.2) is 54.6 Å². The summed E-state index contributed by atoms with van der Waals surface area (Å²) < 4.78 is 9.97. The first-order valence-corrected chi connectivity index (χ1v) is 10.6. The number of non-ortho nitro benzene ring substituents is 1. The van der Waals surface area contributed by atoms with Gasteiger partial charge in [-0.1, -0.05) is 42.5 Å². The number of amides is 3. The van der Waals surface area contributed by atoms with E-state index in [1.54, 1.807) is 31.2 Å². The van der Waals surface area contributed by atoms with Gasteiger partial charge in [0.15, 0.2) is 0 Å². The van der Waals surface area contributed by atoms with E-state index in [9.17, 15) is 29.3 Å². The summed E-state index contributed by atoms with van der Waals surface area (Å²) in [7, 11) is 0. The standard InChI is InChI=1S/C23H26N4O8/c1-2-34-20(29)12-18(16-8-10-17(11-9-16)27(32)33)21(22(24)30)26-19(28)13-25-23(31)35-14-15-6-4-3-5-7-15/h3-11,18,21H,2,12-14H2,1H3,(H2,24,30)(H,25,31)(H,26,28)/t18-,21+/m0/s1. The number of alkyl carbamates (subject to hydrolysis) is 1. The zero-order valence-electron chi connectivity index (χ0n) is 19.0. The van der Waals surface area contributed by atoms with Gasteiger partial charge in [-0.05, 0) is 18.1 Å². The van der Waals surface area contributed by atoms with Crippen LogP contribution in [0.25, 0.3) is 0 Å². The number of rotatable bonds is 12. The molecule has 12 heteroatoms. The summed E-state index contributed by atoms with van der Waals surface area (Å²) in [6.07, 6.45) is -1.18. The fourth-order valence-electron chi connectivity index (χ4n) is 3.19. The summed E-state index contributed by atoms with van der Waals surface area (Å²) in [5.41, 5.74) is 6.41. The summed E-state index contributed by atoms with van der Waals surface area (Å²) in [6, 6.07) is 12.7. The topological polar surface area (TPSA) is 180 Å². The Morgan fingerprint density at radius 3 is 2.26 bits per heavy atom. The van der Waals surface area contributed by atoms with Crippen LogP contribution >= 0.6 is 0 Å². The van der Waals surface area contributed by atoms with Gasteiger partial charge in [0.1, 0.15) is 19.2 Å². The van der Waals surface area contributed by atoms with Crippen LogP contribution in [0.5, 0.6) is 0 Å². The molecule has 186 valence electrons. The molecule has 0 aliphatic carbocycles. The van der Waals surface area contributed by atoms with Crippen molar-refractivity contribution in [3.63, 3.8) is 0 Å². The highest BCUT2D eigenvalue weighted by molar-refractivity contribution is 5.90. The first-order valence-electron chi connectivity index (χ1n) is 10.6. The average Bonchev–Trinajstić information content (AvgIpc) is 2.84. The molecule has 0 aliphatic heterocycles. The molecule has 0 spiro atoms. The molecule has 0 aromatic heterocycles. The molecule has 2 atom stereocenters. The number of nitrogens with one attached hydrogen (secondary N) is 2. The van der Waals surface area contributed by atoms with Crippen LogP contribution in [0.2, 0.25) is 0 Å². The molecule has 0 saturated heterocycles. The molecule has 35 heavy (non-hydrogen) atoms. The van der Waals surface area contributed by atoms with E-state index >= 15 is 0 Å². The van der Waals surface area contributed by atoms with E-state index in [0.29, 0.717) is 5.56 Å². The Balaban J connectivity index is 2.07. The van der Waals surface area contributed by atoms with Crippen molar-refractivity contribution >= 4 is 29.6 Å². The van der Waals surface area contributed by atoms with Crippen molar-refractivity contribution < 1.29 is 33.6 Å². The predicted molar refractivity (Wildman–Crippen MR) is 123 cm³/mol. The number of nitro benzene ring substituents is 1. The zero-order valence-corrected chi connectivity index (χ0v) is 19.0. The van der Waals surface area contributed by atoms with Crippen molar-refractivity contribution in [2.45, 2.75) is 31.9 Å². The molecular formula is C23H26N4O8. The molecule has 0 saturated carbocycles. The first kappa shape index (κ1) is 26.8. The predicted octanol–water partition coefficient (Wildman–Crippen LogP) is 1.53. The van der Waals surface area contributed by atoms with Gasteiger partial charge in [-0.3, -0.25) is 24.5 Å². The third-order valence-electron chi connectivity index (χ3n) is 4.86. The van der Waals surface area contributed by atoms with Gasteiger partial charge >= 0.3 is 12.1 Å². The molecule has 2 aromatic carbocycles. The van der Waals surface area contributed by atoms with Crippen LogP contribution in [-0.4, -0.2) is 48.0 Å². The van der Waals surface area contributed by atoms with E-state index < -0.39 is 47.3 Å². The van der Waals surface area contributed by atoms with Crippen molar-refractivity contribution in [3.05, 3.63) is 75.8 Å². The van der Waals surface area contributed by atoms with E-state index in [0.717, 1.165) is 5.56 Å². The second-order valence-electron chi connectivity index (χ2n) is 7.33. The lowest BCUT2D eigenvalue weighted by atomic mass is 9.87. The summed E-state index contributed by atoms with van der Waals surface area (Å²) in [5.74, 6) is -3.33. The zero-order chi connectivity index (χ0) is 25.8. The molecule has 12 nitrogen and oxygen atoms in total. The number of carbonyl (C=O) groups is 4. The minimum absolute atomic E-state index is 0.0000383. The number of benzene rings is 2.